The van der Waals surface area contributed by atoms with Gasteiger partial charge in [-0.15, -0.1) is 0 Å². The van der Waals surface area contributed by atoms with Crippen molar-refractivity contribution in [2.75, 3.05) is 47.5 Å². The van der Waals surface area contributed by atoms with Gasteiger partial charge >= 0.3 is 0 Å². The summed E-state index contributed by atoms with van der Waals surface area (Å²) in [5.74, 6) is 1.61. The number of rotatable bonds is 6. The predicted molar refractivity (Wildman–Crippen MR) is 78.5 cm³/mol. The maximum absolute atomic E-state index is 5.73. The number of benzene rings is 1. The van der Waals surface area contributed by atoms with E-state index < -0.39 is 0 Å². The van der Waals surface area contributed by atoms with Crippen molar-refractivity contribution in [1.29, 1.82) is 0 Å². The molecular formula is C15H24N2O3. The number of methoxy groups -OCH3 is 2. The van der Waals surface area contributed by atoms with E-state index in [4.69, 9.17) is 14.2 Å². The third kappa shape index (κ3) is 3.62. The smallest absolute Gasteiger partial charge is 0.165 e. The van der Waals surface area contributed by atoms with E-state index in [9.17, 15) is 0 Å². The van der Waals surface area contributed by atoms with E-state index in [0.29, 0.717) is 0 Å². The molecule has 1 aliphatic heterocycles. The molecule has 5 heteroatoms. The van der Waals surface area contributed by atoms with Crippen molar-refractivity contribution in [2.24, 2.45) is 0 Å². The molecule has 20 heavy (non-hydrogen) atoms. The summed E-state index contributed by atoms with van der Waals surface area (Å²) in [6.45, 7) is 4.39. The monoisotopic (exact) mass is 280 g/mol. The highest BCUT2D eigenvalue weighted by atomic mass is 16.5. The third-order valence-electron chi connectivity index (χ3n) is 3.53. The first-order valence-electron chi connectivity index (χ1n) is 6.97. The number of likely N-dealkylation sites (N-methyl/N-ethyl adjacent to an activating group) is 1. The van der Waals surface area contributed by atoms with Crippen LogP contribution in [0.3, 0.4) is 0 Å². The van der Waals surface area contributed by atoms with Crippen LogP contribution in [0.4, 0.5) is 0 Å². The highest BCUT2D eigenvalue weighted by molar-refractivity contribution is 5.46. The molecule has 1 aromatic rings. The largest absolute Gasteiger partial charge is 0.493 e. The van der Waals surface area contributed by atoms with Crippen molar-refractivity contribution in [1.82, 2.24) is 10.2 Å². The van der Waals surface area contributed by atoms with E-state index in [1.807, 2.05) is 19.2 Å². The number of morpholine rings is 1. The third-order valence-corrected chi connectivity index (χ3v) is 3.53. The summed E-state index contributed by atoms with van der Waals surface area (Å²) < 4.78 is 16.6. The summed E-state index contributed by atoms with van der Waals surface area (Å²) in [7, 11) is 5.30. The second-order valence-electron chi connectivity index (χ2n) is 4.94. The van der Waals surface area contributed by atoms with Crippen LogP contribution >= 0.6 is 0 Å². The van der Waals surface area contributed by atoms with Crippen LogP contribution in [0.2, 0.25) is 0 Å². The second kappa shape index (κ2) is 7.47. The number of nitrogens with zero attached hydrogens (tertiary/aromatic N) is 1. The van der Waals surface area contributed by atoms with E-state index in [2.05, 4.69) is 16.3 Å². The molecule has 5 nitrogen and oxygen atoms in total. The molecule has 0 bridgehead atoms. The summed E-state index contributed by atoms with van der Waals surface area (Å²) in [6, 6.07) is 6.01. The van der Waals surface area contributed by atoms with Crippen LogP contribution in [-0.4, -0.2) is 58.5 Å². The Morgan fingerprint density at radius 3 is 2.90 bits per heavy atom. The normalized spacial score (nSPS) is 19.9. The van der Waals surface area contributed by atoms with Gasteiger partial charge in [-0.1, -0.05) is 12.1 Å². The van der Waals surface area contributed by atoms with Crippen molar-refractivity contribution in [3.8, 4) is 11.5 Å². The molecule has 0 saturated carbocycles. The molecule has 2 rings (SSSR count). The Kier molecular flexibility index (Phi) is 5.64. The molecule has 1 aliphatic rings. The maximum atomic E-state index is 5.73. The lowest BCUT2D eigenvalue weighted by Gasteiger charge is -2.33. The fourth-order valence-electron chi connectivity index (χ4n) is 2.59. The van der Waals surface area contributed by atoms with Crippen LogP contribution in [0, 0.1) is 0 Å². The molecular weight excluding hydrogens is 256 g/mol. The lowest BCUT2D eigenvalue weighted by molar-refractivity contribution is -0.0293. The van der Waals surface area contributed by atoms with E-state index >= 15 is 0 Å². The second-order valence-corrected chi connectivity index (χ2v) is 4.94. The zero-order valence-corrected chi connectivity index (χ0v) is 12.5. The number of hydrogen-bond donors (Lipinski definition) is 1. The minimum atomic E-state index is 0.255. The molecule has 112 valence electrons. The van der Waals surface area contributed by atoms with Gasteiger partial charge in [0.15, 0.2) is 11.5 Å². The van der Waals surface area contributed by atoms with E-state index in [-0.39, 0.29) is 6.10 Å². The molecule has 1 atom stereocenters. The molecule has 1 saturated heterocycles. The Hall–Kier alpha value is -1.30. The molecule has 0 spiro atoms. The average Bonchev–Trinajstić information content (AvgIpc) is 2.47. The average molecular weight is 280 g/mol. The summed E-state index contributed by atoms with van der Waals surface area (Å²) in [5.41, 5.74) is 1.15. The minimum absolute atomic E-state index is 0.255. The van der Waals surface area contributed by atoms with Crippen molar-refractivity contribution in [3.63, 3.8) is 0 Å². The van der Waals surface area contributed by atoms with Crippen LogP contribution in [-0.2, 0) is 11.3 Å². The highest BCUT2D eigenvalue weighted by Gasteiger charge is 2.21. The van der Waals surface area contributed by atoms with Gasteiger partial charge in [0, 0.05) is 31.7 Å². The van der Waals surface area contributed by atoms with Crippen molar-refractivity contribution in [2.45, 2.75) is 12.6 Å². The number of nitrogens with one attached hydrogen (secondary N) is 1. The van der Waals surface area contributed by atoms with Crippen LogP contribution < -0.4 is 14.8 Å². The highest BCUT2D eigenvalue weighted by Crippen LogP contribution is 2.31. The number of para-hydroxylation sites is 1. The van der Waals surface area contributed by atoms with Crippen LogP contribution in [0.5, 0.6) is 11.5 Å². The number of hydrogen-bond acceptors (Lipinski definition) is 5. The predicted octanol–water partition coefficient (Wildman–Crippen LogP) is 1.12. The van der Waals surface area contributed by atoms with Gasteiger partial charge in [0.25, 0.3) is 0 Å². The fourth-order valence-corrected chi connectivity index (χ4v) is 2.59. The molecule has 0 aromatic heterocycles. The van der Waals surface area contributed by atoms with Gasteiger partial charge in [0.05, 0.1) is 26.9 Å². The Bertz CT molecular complexity index is 424. The topological polar surface area (TPSA) is 43.0 Å². The Morgan fingerprint density at radius 1 is 1.35 bits per heavy atom. The molecule has 1 N–H and O–H groups in total. The zero-order valence-electron chi connectivity index (χ0n) is 12.5. The Balaban J connectivity index is 2.05. The minimum Gasteiger partial charge on any atom is -0.493 e. The Morgan fingerprint density at radius 2 is 2.20 bits per heavy atom. The summed E-state index contributed by atoms with van der Waals surface area (Å²) in [4.78, 5) is 2.39. The SMILES string of the molecule is CNCC1CN(Cc2cccc(OC)c2OC)CCO1. The van der Waals surface area contributed by atoms with Crippen molar-refractivity contribution >= 4 is 0 Å². The van der Waals surface area contributed by atoms with Gasteiger partial charge < -0.3 is 19.5 Å². The number of ether oxygens (including phenoxy) is 3. The van der Waals surface area contributed by atoms with Crippen molar-refractivity contribution < 1.29 is 14.2 Å². The van der Waals surface area contributed by atoms with Gasteiger partial charge in [0.1, 0.15) is 0 Å². The van der Waals surface area contributed by atoms with Gasteiger partial charge in [-0.2, -0.15) is 0 Å². The molecule has 1 fully saturated rings. The molecule has 1 heterocycles. The molecule has 1 unspecified atom stereocenters. The zero-order chi connectivity index (χ0) is 14.4. The lowest BCUT2D eigenvalue weighted by Crippen LogP contribution is -2.45. The van der Waals surface area contributed by atoms with Crippen LogP contribution in [0.25, 0.3) is 0 Å². The fraction of sp³-hybridized carbons (Fsp3) is 0.600. The van der Waals surface area contributed by atoms with Gasteiger partial charge in [-0.25, -0.2) is 0 Å². The first-order valence-corrected chi connectivity index (χ1v) is 6.97. The van der Waals surface area contributed by atoms with Crippen molar-refractivity contribution in [3.05, 3.63) is 23.8 Å². The van der Waals surface area contributed by atoms with Crippen LogP contribution in [0.1, 0.15) is 5.56 Å². The van der Waals surface area contributed by atoms with E-state index in [1.165, 1.54) is 0 Å². The van der Waals surface area contributed by atoms with E-state index in [1.54, 1.807) is 14.2 Å². The lowest BCUT2D eigenvalue weighted by atomic mass is 10.1. The first kappa shape index (κ1) is 15.1. The molecule has 0 amide bonds. The molecule has 1 aromatic carbocycles. The molecule has 0 radical (unpaired) electrons. The van der Waals surface area contributed by atoms with Gasteiger partial charge in [0.2, 0.25) is 0 Å². The van der Waals surface area contributed by atoms with Gasteiger partial charge in [-0.3, -0.25) is 4.90 Å². The summed E-state index contributed by atoms with van der Waals surface area (Å²) in [6.07, 6.45) is 0.255. The first-order chi connectivity index (χ1) is 9.78. The summed E-state index contributed by atoms with van der Waals surface area (Å²) in [5, 5.41) is 3.17. The maximum Gasteiger partial charge on any atom is 0.165 e. The standard InChI is InChI=1S/C15H24N2O3/c1-16-9-13-11-17(7-8-20-13)10-12-5-4-6-14(18-2)15(12)19-3/h4-6,13,16H,7-11H2,1-3H3. The molecule has 0 aliphatic carbocycles. The quantitative estimate of drug-likeness (QED) is 0.846. The van der Waals surface area contributed by atoms with Crippen LogP contribution in [0.15, 0.2) is 18.2 Å². The van der Waals surface area contributed by atoms with Gasteiger partial charge in [-0.05, 0) is 13.1 Å². The Labute approximate surface area is 120 Å². The summed E-state index contributed by atoms with van der Waals surface area (Å²) >= 11 is 0. The van der Waals surface area contributed by atoms with E-state index in [0.717, 1.165) is 49.8 Å².